The number of ether oxygens (including phenoxy) is 2. The summed E-state index contributed by atoms with van der Waals surface area (Å²) in [7, 11) is 1.52. The van der Waals surface area contributed by atoms with E-state index < -0.39 is 12.2 Å². The van der Waals surface area contributed by atoms with Crippen molar-refractivity contribution >= 4 is 11.7 Å². The number of para-hydroxylation sites is 1. The van der Waals surface area contributed by atoms with Crippen LogP contribution in [0.1, 0.15) is 33.9 Å². The van der Waals surface area contributed by atoms with Crippen LogP contribution < -0.4 is 15.8 Å². The lowest BCUT2D eigenvalue weighted by Gasteiger charge is -2.26. The van der Waals surface area contributed by atoms with E-state index in [4.69, 9.17) is 15.2 Å². The van der Waals surface area contributed by atoms with Crippen molar-refractivity contribution in [3.8, 4) is 23.1 Å². The number of nitrogen functional groups attached to an aromatic ring is 1. The van der Waals surface area contributed by atoms with Crippen LogP contribution in [0, 0.1) is 11.3 Å². The fourth-order valence-electron chi connectivity index (χ4n) is 3.87. The number of rotatable bonds is 6. The van der Waals surface area contributed by atoms with Gasteiger partial charge in [-0.05, 0) is 24.1 Å². The summed E-state index contributed by atoms with van der Waals surface area (Å²) < 4.78 is 26.2. The summed E-state index contributed by atoms with van der Waals surface area (Å²) >= 11 is 0. The molecule has 9 heteroatoms. The van der Waals surface area contributed by atoms with Gasteiger partial charge in [0.15, 0.2) is 0 Å². The van der Waals surface area contributed by atoms with Gasteiger partial charge in [0.05, 0.1) is 25.3 Å². The number of amides is 1. The molecule has 170 valence electrons. The quantitative estimate of drug-likeness (QED) is 0.597. The molecule has 8 nitrogen and oxygen atoms in total. The lowest BCUT2D eigenvalue weighted by molar-refractivity contribution is 0.000599. The molecule has 2 unspecified atom stereocenters. The van der Waals surface area contributed by atoms with Crippen molar-refractivity contribution < 1.29 is 18.7 Å². The third kappa shape index (κ3) is 4.52. The van der Waals surface area contributed by atoms with E-state index >= 15 is 0 Å². The smallest absolute Gasteiger partial charge is 0.255 e. The van der Waals surface area contributed by atoms with E-state index in [9.17, 15) is 14.4 Å². The molecule has 33 heavy (non-hydrogen) atoms. The molecule has 0 saturated carbocycles. The maximum Gasteiger partial charge on any atom is 0.255 e. The fraction of sp³-hybridized carbons (Fsp3) is 0.292. The molecule has 0 aliphatic carbocycles. The fourth-order valence-corrected chi connectivity index (χ4v) is 3.87. The van der Waals surface area contributed by atoms with Gasteiger partial charge in [-0.1, -0.05) is 36.4 Å². The summed E-state index contributed by atoms with van der Waals surface area (Å²) in [5.41, 5.74) is 8.76. The molecule has 1 aliphatic rings. The summed E-state index contributed by atoms with van der Waals surface area (Å²) in [6, 6.07) is 15.8. The van der Waals surface area contributed by atoms with Gasteiger partial charge in [-0.3, -0.25) is 4.79 Å². The molecule has 1 aliphatic heterocycles. The van der Waals surface area contributed by atoms with Crippen molar-refractivity contribution in [2.45, 2.75) is 25.2 Å². The molecule has 3 aromatic rings. The average Bonchev–Trinajstić information content (AvgIpc) is 3.19. The van der Waals surface area contributed by atoms with E-state index in [1.54, 1.807) is 36.4 Å². The molecule has 1 amide bonds. The Hall–Kier alpha value is -3.90. The highest BCUT2D eigenvalue weighted by atomic mass is 19.1. The van der Waals surface area contributed by atoms with E-state index in [0.29, 0.717) is 42.1 Å². The van der Waals surface area contributed by atoms with Crippen LogP contribution in [0.5, 0.6) is 5.75 Å². The summed E-state index contributed by atoms with van der Waals surface area (Å²) in [6.07, 6.45) is -0.808. The van der Waals surface area contributed by atoms with Gasteiger partial charge in [-0.2, -0.15) is 10.4 Å². The summed E-state index contributed by atoms with van der Waals surface area (Å²) in [5, 5.41) is 17.0. The number of aromatic nitrogens is 2. The van der Waals surface area contributed by atoms with Gasteiger partial charge in [0.1, 0.15) is 35.1 Å². The zero-order chi connectivity index (χ0) is 23.4. The van der Waals surface area contributed by atoms with Crippen LogP contribution >= 0.6 is 0 Å². The Labute approximate surface area is 190 Å². The zero-order valence-corrected chi connectivity index (χ0v) is 18.1. The summed E-state index contributed by atoms with van der Waals surface area (Å²) in [6.45, 7) is 0.706. The van der Waals surface area contributed by atoms with Crippen LogP contribution in [0.4, 0.5) is 10.2 Å². The normalized spacial score (nSPS) is 17.8. The maximum absolute atomic E-state index is 14.4. The molecule has 1 saturated heterocycles. The van der Waals surface area contributed by atoms with Crippen LogP contribution in [0.15, 0.2) is 48.5 Å². The zero-order valence-electron chi connectivity index (χ0n) is 18.1. The Balaban J connectivity index is 1.51. The number of alkyl halides is 1. The highest BCUT2D eigenvalue weighted by molar-refractivity contribution is 5.96. The Morgan fingerprint density at radius 3 is 2.79 bits per heavy atom. The van der Waals surface area contributed by atoms with Crippen LogP contribution in [-0.2, 0) is 11.3 Å². The number of benzene rings is 2. The average molecular weight is 449 g/mol. The molecule has 3 N–H and O–H groups in total. The predicted molar refractivity (Wildman–Crippen MR) is 120 cm³/mol. The molecule has 2 atom stereocenters. The van der Waals surface area contributed by atoms with Crippen molar-refractivity contribution in [3.05, 3.63) is 65.2 Å². The monoisotopic (exact) mass is 449 g/mol. The molecular weight excluding hydrogens is 425 g/mol. The van der Waals surface area contributed by atoms with Crippen LogP contribution in [0.25, 0.3) is 11.3 Å². The number of halogens is 1. The molecule has 1 fully saturated rings. The van der Waals surface area contributed by atoms with Crippen LogP contribution in [0.2, 0.25) is 0 Å². The van der Waals surface area contributed by atoms with Gasteiger partial charge in [0.2, 0.25) is 0 Å². The molecule has 0 spiro atoms. The first-order valence-corrected chi connectivity index (χ1v) is 10.5. The van der Waals surface area contributed by atoms with Gasteiger partial charge in [-0.25, -0.2) is 9.07 Å². The minimum Gasteiger partial charge on any atom is -0.496 e. The molecule has 0 bridgehead atoms. The second-order valence-electron chi connectivity index (χ2n) is 7.69. The Bertz CT molecular complexity index is 1190. The number of hydrogen-bond acceptors (Lipinski definition) is 6. The number of anilines is 1. The number of hydrogen-bond donors (Lipinski definition) is 2. The summed E-state index contributed by atoms with van der Waals surface area (Å²) in [5.74, 6) is 0.407. The Morgan fingerprint density at radius 2 is 2.09 bits per heavy atom. The van der Waals surface area contributed by atoms with E-state index in [1.165, 1.54) is 11.8 Å². The Morgan fingerprint density at radius 1 is 1.33 bits per heavy atom. The first-order chi connectivity index (χ1) is 16.0. The van der Waals surface area contributed by atoms with E-state index in [0.717, 1.165) is 5.56 Å². The van der Waals surface area contributed by atoms with Crippen molar-refractivity contribution in [2.75, 3.05) is 26.1 Å². The molecular formula is C24H24FN5O3. The van der Waals surface area contributed by atoms with E-state index in [1.807, 2.05) is 12.1 Å². The van der Waals surface area contributed by atoms with Crippen molar-refractivity contribution in [1.82, 2.24) is 15.1 Å². The molecule has 2 aromatic carbocycles. The van der Waals surface area contributed by atoms with Crippen molar-refractivity contribution in [2.24, 2.45) is 0 Å². The lowest BCUT2D eigenvalue weighted by Crippen LogP contribution is -2.32. The molecule has 0 radical (unpaired) electrons. The Kier molecular flexibility index (Phi) is 6.56. The number of carbonyl (C=O) groups excluding carboxylic acids is 1. The second kappa shape index (κ2) is 9.71. The highest BCUT2D eigenvalue weighted by Crippen LogP contribution is 2.33. The van der Waals surface area contributed by atoms with E-state index in [2.05, 4.69) is 16.5 Å². The van der Waals surface area contributed by atoms with E-state index in [-0.39, 0.29) is 23.9 Å². The van der Waals surface area contributed by atoms with Gasteiger partial charge < -0.3 is 20.5 Å². The topological polar surface area (TPSA) is 115 Å². The summed E-state index contributed by atoms with van der Waals surface area (Å²) in [4.78, 5) is 12.5. The minimum absolute atomic E-state index is 0.0174. The molecule has 4 rings (SSSR count). The molecule has 1 aromatic heterocycles. The van der Waals surface area contributed by atoms with Gasteiger partial charge in [0.25, 0.3) is 5.91 Å². The third-order valence-corrected chi connectivity index (χ3v) is 5.66. The predicted octanol–water partition coefficient (Wildman–Crippen LogP) is 3.24. The number of nitriles is 1. The van der Waals surface area contributed by atoms with Crippen LogP contribution in [-0.4, -0.2) is 42.2 Å². The first kappa shape index (κ1) is 22.3. The number of nitrogens with zero attached hydrogens (tertiary/aromatic N) is 3. The first-order valence-electron chi connectivity index (χ1n) is 10.5. The number of methoxy groups -OCH3 is 1. The highest BCUT2D eigenvalue weighted by Gasteiger charge is 2.31. The standard InChI is InChI=1S/C24H24FN5O3/c1-32-21-5-3-2-4-17(21)24(31)28-13-15-6-8-16(9-7-15)22-18(12-26)23(27)30(29-22)20-10-11-33-14-19(20)25/h2-9,19-20H,10-11,13-14,27H2,1H3,(H,28,31). The van der Waals surface area contributed by atoms with Gasteiger partial charge in [0, 0.05) is 18.7 Å². The second-order valence-corrected chi connectivity index (χ2v) is 7.69. The SMILES string of the molecule is COc1ccccc1C(=O)NCc1ccc(-c2nn(C3CCOCC3F)c(N)c2C#N)cc1. The minimum atomic E-state index is -1.24. The van der Waals surface area contributed by atoms with Crippen molar-refractivity contribution in [1.29, 1.82) is 5.26 Å². The number of nitrogens with one attached hydrogen (secondary N) is 1. The van der Waals surface area contributed by atoms with Gasteiger partial charge >= 0.3 is 0 Å². The lowest BCUT2D eigenvalue weighted by atomic mass is 10.1. The van der Waals surface area contributed by atoms with Crippen LogP contribution in [0.3, 0.4) is 0 Å². The van der Waals surface area contributed by atoms with Gasteiger partial charge in [-0.15, -0.1) is 0 Å². The largest absolute Gasteiger partial charge is 0.496 e. The number of carbonyl (C=O) groups is 1. The molecule has 2 heterocycles. The maximum atomic E-state index is 14.4. The third-order valence-electron chi connectivity index (χ3n) is 5.66. The van der Waals surface area contributed by atoms with Crippen molar-refractivity contribution in [3.63, 3.8) is 0 Å². The number of nitrogens with two attached hydrogens (primary N) is 1.